The van der Waals surface area contributed by atoms with Gasteiger partial charge < -0.3 is 4.90 Å². The highest BCUT2D eigenvalue weighted by atomic mass is 79.9. The van der Waals surface area contributed by atoms with Crippen LogP contribution in [0.4, 0.5) is 0 Å². The number of carbonyl (C=O) groups excluding carboxylic acids is 1. The molecule has 2 nitrogen and oxygen atoms in total. The summed E-state index contributed by atoms with van der Waals surface area (Å²) in [6, 6.07) is 0.517. The zero-order chi connectivity index (χ0) is 9.68. The average Bonchev–Trinajstić information content (AvgIpc) is 2.18. The lowest BCUT2D eigenvalue weighted by atomic mass is 9.98. The fourth-order valence-corrected chi connectivity index (χ4v) is 2.36. The summed E-state index contributed by atoms with van der Waals surface area (Å²) in [5.74, 6) is 0.262. The van der Waals surface area contributed by atoms with Gasteiger partial charge in [-0.3, -0.25) is 4.79 Å². The summed E-state index contributed by atoms with van der Waals surface area (Å²) < 4.78 is 0. The molecule has 3 heteroatoms. The Bertz CT molecular complexity index is 170. The Morgan fingerprint density at radius 1 is 1.54 bits per heavy atom. The van der Waals surface area contributed by atoms with E-state index in [0.717, 1.165) is 6.54 Å². The van der Waals surface area contributed by atoms with Crippen molar-refractivity contribution < 1.29 is 4.79 Å². The van der Waals surface area contributed by atoms with Crippen LogP contribution in [0.15, 0.2) is 0 Å². The first kappa shape index (κ1) is 11.0. The Morgan fingerprint density at radius 2 is 2.31 bits per heavy atom. The molecule has 1 amide bonds. The van der Waals surface area contributed by atoms with Crippen molar-refractivity contribution in [2.24, 2.45) is 0 Å². The third-order valence-corrected chi connectivity index (χ3v) is 3.16. The first-order chi connectivity index (χ1) is 6.29. The minimum Gasteiger partial charge on any atom is -0.339 e. The Hall–Kier alpha value is -0.0500. The number of rotatable bonds is 3. The van der Waals surface area contributed by atoms with Gasteiger partial charge in [-0.25, -0.2) is 0 Å². The van der Waals surface area contributed by atoms with E-state index in [1.54, 1.807) is 0 Å². The summed E-state index contributed by atoms with van der Waals surface area (Å²) in [4.78, 5) is 13.6. The predicted molar refractivity (Wildman–Crippen MR) is 58.1 cm³/mol. The third kappa shape index (κ3) is 2.97. The minimum atomic E-state index is 0.262. The number of likely N-dealkylation sites (tertiary alicyclic amines) is 1. The molecule has 76 valence electrons. The van der Waals surface area contributed by atoms with Gasteiger partial charge in [0.15, 0.2) is 0 Å². The Labute approximate surface area is 88.8 Å². The smallest absolute Gasteiger partial charge is 0.233 e. The van der Waals surface area contributed by atoms with E-state index in [1.807, 2.05) is 0 Å². The topological polar surface area (TPSA) is 20.3 Å². The normalized spacial score (nSPS) is 23.2. The zero-order valence-electron chi connectivity index (χ0n) is 8.26. The molecule has 0 aromatic carbocycles. The summed E-state index contributed by atoms with van der Waals surface area (Å²) in [6.45, 7) is 3.15. The van der Waals surface area contributed by atoms with Gasteiger partial charge in [0.1, 0.15) is 0 Å². The molecule has 1 atom stereocenters. The molecule has 1 rings (SSSR count). The van der Waals surface area contributed by atoms with Crippen molar-refractivity contribution in [1.29, 1.82) is 0 Å². The lowest BCUT2D eigenvalue weighted by Gasteiger charge is -2.35. The highest BCUT2D eigenvalue weighted by Gasteiger charge is 2.24. The third-order valence-electron chi connectivity index (χ3n) is 2.68. The van der Waals surface area contributed by atoms with Crippen LogP contribution in [-0.2, 0) is 4.79 Å². The molecule has 0 N–H and O–H groups in total. The van der Waals surface area contributed by atoms with Crippen molar-refractivity contribution in [2.75, 3.05) is 11.9 Å². The van der Waals surface area contributed by atoms with Gasteiger partial charge in [0.05, 0.1) is 5.33 Å². The molecule has 1 unspecified atom stereocenters. The maximum absolute atomic E-state index is 11.5. The van der Waals surface area contributed by atoms with E-state index in [1.165, 1.54) is 32.1 Å². The summed E-state index contributed by atoms with van der Waals surface area (Å²) in [5, 5.41) is 0.479. The van der Waals surface area contributed by atoms with Crippen molar-refractivity contribution in [1.82, 2.24) is 4.90 Å². The summed E-state index contributed by atoms with van der Waals surface area (Å²) in [7, 11) is 0. The van der Waals surface area contributed by atoms with Crippen LogP contribution < -0.4 is 0 Å². The van der Waals surface area contributed by atoms with E-state index in [4.69, 9.17) is 0 Å². The van der Waals surface area contributed by atoms with E-state index in [2.05, 4.69) is 27.8 Å². The molecule has 1 aliphatic rings. The Balaban J connectivity index is 2.50. The van der Waals surface area contributed by atoms with Crippen molar-refractivity contribution in [3.8, 4) is 0 Å². The van der Waals surface area contributed by atoms with Crippen LogP contribution >= 0.6 is 15.9 Å². The monoisotopic (exact) mass is 247 g/mol. The van der Waals surface area contributed by atoms with Gasteiger partial charge in [-0.1, -0.05) is 29.3 Å². The number of halogens is 1. The first-order valence-electron chi connectivity index (χ1n) is 5.15. The number of piperidine rings is 1. The fraction of sp³-hybridized carbons (Fsp3) is 0.900. The molecule has 0 aliphatic carbocycles. The summed E-state index contributed by atoms with van der Waals surface area (Å²) >= 11 is 3.24. The second-order valence-corrected chi connectivity index (χ2v) is 4.22. The van der Waals surface area contributed by atoms with Gasteiger partial charge in [0.2, 0.25) is 5.91 Å². The number of hydrogen-bond acceptors (Lipinski definition) is 1. The molecule has 1 heterocycles. The average molecular weight is 248 g/mol. The maximum atomic E-state index is 11.5. The van der Waals surface area contributed by atoms with Gasteiger partial charge in [-0.2, -0.15) is 0 Å². The van der Waals surface area contributed by atoms with Gasteiger partial charge in [0.25, 0.3) is 0 Å². The SMILES string of the molecule is CCCC1CCCCN1C(=O)CBr. The molecule has 1 fully saturated rings. The van der Waals surface area contributed by atoms with E-state index < -0.39 is 0 Å². The second kappa shape index (κ2) is 5.63. The molecule has 1 aliphatic heterocycles. The Morgan fingerprint density at radius 3 is 2.92 bits per heavy atom. The lowest BCUT2D eigenvalue weighted by Crippen LogP contribution is -2.44. The zero-order valence-corrected chi connectivity index (χ0v) is 9.85. The van der Waals surface area contributed by atoms with E-state index in [-0.39, 0.29) is 5.91 Å². The minimum absolute atomic E-state index is 0.262. The number of carbonyl (C=O) groups is 1. The van der Waals surface area contributed by atoms with E-state index in [9.17, 15) is 4.79 Å². The standard InChI is InChI=1S/C10H18BrNO/c1-2-5-9-6-3-4-7-12(9)10(13)8-11/h9H,2-8H2,1H3. The number of alkyl halides is 1. The van der Waals surface area contributed by atoms with Gasteiger partial charge in [-0.05, 0) is 25.7 Å². The number of amides is 1. The van der Waals surface area contributed by atoms with Crippen molar-refractivity contribution in [3.05, 3.63) is 0 Å². The molecular formula is C10H18BrNO. The first-order valence-corrected chi connectivity index (χ1v) is 6.27. The highest BCUT2D eigenvalue weighted by molar-refractivity contribution is 9.09. The van der Waals surface area contributed by atoms with Crippen LogP contribution in [0.5, 0.6) is 0 Å². The molecule has 1 saturated heterocycles. The molecule has 0 bridgehead atoms. The summed E-state index contributed by atoms with van der Waals surface area (Å²) in [6.07, 6.45) is 6.01. The molecule has 0 aromatic rings. The highest BCUT2D eigenvalue weighted by Crippen LogP contribution is 2.21. The maximum Gasteiger partial charge on any atom is 0.233 e. The van der Waals surface area contributed by atoms with Crippen LogP contribution in [0.3, 0.4) is 0 Å². The van der Waals surface area contributed by atoms with Crippen LogP contribution in [0.1, 0.15) is 39.0 Å². The lowest BCUT2D eigenvalue weighted by molar-refractivity contribution is -0.132. The van der Waals surface area contributed by atoms with Crippen LogP contribution in [0.25, 0.3) is 0 Å². The van der Waals surface area contributed by atoms with Gasteiger partial charge >= 0.3 is 0 Å². The molecule has 13 heavy (non-hydrogen) atoms. The van der Waals surface area contributed by atoms with Crippen LogP contribution in [0, 0.1) is 0 Å². The summed E-state index contributed by atoms with van der Waals surface area (Å²) in [5.41, 5.74) is 0. The fourth-order valence-electron chi connectivity index (χ4n) is 2.04. The van der Waals surface area contributed by atoms with Crippen LogP contribution in [0.2, 0.25) is 0 Å². The van der Waals surface area contributed by atoms with Gasteiger partial charge in [0, 0.05) is 12.6 Å². The Kier molecular flexibility index (Phi) is 4.78. The molecular weight excluding hydrogens is 230 g/mol. The largest absolute Gasteiger partial charge is 0.339 e. The second-order valence-electron chi connectivity index (χ2n) is 3.66. The number of nitrogens with zero attached hydrogens (tertiary/aromatic N) is 1. The van der Waals surface area contributed by atoms with Crippen molar-refractivity contribution >= 4 is 21.8 Å². The quantitative estimate of drug-likeness (QED) is 0.703. The molecule has 0 aromatic heterocycles. The van der Waals surface area contributed by atoms with Crippen LogP contribution in [-0.4, -0.2) is 28.7 Å². The molecule has 0 radical (unpaired) electrons. The molecule has 0 spiro atoms. The van der Waals surface area contributed by atoms with E-state index in [0.29, 0.717) is 11.4 Å². The predicted octanol–water partition coefficient (Wildman–Crippen LogP) is 2.56. The molecule has 0 saturated carbocycles. The number of hydrogen-bond donors (Lipinski definition) is 0. The van der Waals surface area contributed by atoms with Crippen molar-refractivity contribution in [2.45, 2.75) is 45.1 Å². The van der Waals surface area contributed by atoms with E-state index >= 15 is 0 Å². The van der Waals surface area contributed by atoms with Crippen molar-refractivity contribution in [3.63, 3.8) is 0 Å². The van der Waals surface area contributed by atoms with Gasteiger partial charge in [-0.15, -0.1) is 0 Å².